The Balaban J connectivity index is 3.36. The largest absolute Gasteiger partial charge is 0.192 e. The molecule has 0 saturated carbocycles. The summed E-state index contributed by atoms with van der Waals surface area (Å²) in [7, 11) is 0. The molecule has 0 aliphatic rings. The van der Waals surface area contributed by atoms with Crippen LogP contribution in [-0.4, -0.2) is 6.26 Å². The molecule has 12 heavy (non-hydrogen) atoms. The van der Waals surface area contributed by atoms with Gasteiger partial charge >= 0.3 is 0 Å². The quantitative estimate of drug-likeness (QED) is 0.672. The fraction of sp³-hybridized carbons (Fsp3) is 0.125. The van der Waals surface area contributed by atoms with Crippen molar-refractivity contribution in [2.24, 2.45) is 0 Å². The van der Waals surface area contributed by atoms with E-state index in [4.69, 9.17) is 28.5 Å². The highest BCUT2D eigenvalue weighted by Gasteiger charge is 2.08. The van der Waals surface area contributed by atoms with Gasteiger partial charge in [-0.05, 0) is 18.4 Å². The summed E-state index contributed by atoms with van der Waals surface area (Å²) in [6.07, 6.45) is 1.87. The molecule has 1 nitrogen and oxygen atoms in total. The van der Waals surface area contributed by atoms with Crippen LogP contribution in [0.15, 0.2) is 17.0 Å². The van der Waals surface area contributed by atoms with E-state index in [0.717, 1.165) is 4.90 Å². The maximum Gasteiger partial charge on any atom is 0.101 e. The van der Waals surface area contributed by atoms with Crippen LogP contribution in [0.2, 0.25) is 10.0 Å². The van der Waals surface area contributed by atoms with Crippen LogP contribution in [-0.2, 0) is 0 Å². The Morgan fingerprint density at radius 3 is 2.58 bits per heavy atom. The summed E-state index contributed by atoms with van der Waals surface area (Å²) in [4.78, 5) is 0.761. The molecule has 0 N–H and O–H groups in total. The lowest BCUT2D eigenvalue weighted by atomic mass is 10.2. The van der Waals surface area contributed by atoms with Crippen molar-refractivity contribution in [1.29, 1.82) is 5.26 Å². The zero-order chi connectivity index (χ0) is 9.14. The number of nitrogens with zero attached hydrogens (tertiary/aromatic N) is 1. The van der Waals surface area contributed by atoms with Gasteiger partial charge in [-0.3, -0.25) is 0 Å². The van der Waals surface area contributed by atoms with Crippen molar-refractivity contribution < 1.29 is 0 Å². The number of rotatable bonds is 1. The molecule has 4 heteroatoms. The molecule has 0 unspecified atom stereocenters. The van der Waals surface area contributed by atoms with E-state index in [-0.39, 0.29) is 0 Å². The maximum atomic E-state index is 8.64. The third kappa shape index (κ3) is 1.69. The SMILES string of the molecule is CSc1c(Cl)ccc(C#N)c1Cl. The van der Waals surface area contributed by atoms with Crippen molar-refractivity contribution in [3.05, 3.63) is 27.7 Å². The molecule has 0 spiro atoms. The Morgan fingerprint density at radius 2 is 2.08 bits per heavy atom. The first-order chi connectivity index (χ1) is 5.70. The molecule has 62 valence electrons. The minimum absolute atomic E-state index is 0.442. The Hall–Kier alpha value is -0.360. The highest BCUT2D eigenvalue weighted by Crippen LogP contribution is 2.34. The van der Waals surface area contributed by atoms with Gasteiger partial charge in [0.15, 0.2) is 0 Å². The molecular formula is C8H5Cl2NS. The predicted molar refractivity (Wildman–Crippen MR) is 53.0 cm³/mol. The molecule has 0 saturated heterocycles. The van der Waals surface area contributed by atoms with Crippen LogP contribution in [0.3, 0.4) is 0 Å². The van der Waals surface area contributed by atoms with Crippen molar-refractivity contribution in [3.63, 3.8) is 0 Å². The van der Waals surface area contributed by atoms with Crippen LogP contribution in [0.25, 0.3) is 0 Å². The topological polar surface area (TPSA) is 23.8 Å². The first-order valence-electron chi connectivity index (χ1n) is 3.12. The van der Waals surface area contributed by atoms with E-state index < -0.39 is 0 Å². The number of benzene rings is 1. The highest BCUT2D eigenvalue weighted by atomic mass is 35.5. The molecular weight excluding hydrogens is 213 g/mol. The van der Waals surface area contributed by atoms with E-state index in [1.807, 2.05) is 12.3 Å². The average molecular weight is 218 g/mol. The average Bonchev–Trinajstić information content (AvgIpc) is 2.06. The molecule has 1 aromatic rings. The van der Waals surface area contributed by atoms with Gasteiger partial charge in [-0.1, -0.05) is 23.2 Å². The minimum atomic E-state index is 0.442. The minimum Gasteiger partial charge on any atom is -0.192 e. The van der Waals surface area contributed by atoms with E-state index in [1.165, 1.54) is 11.8 Å². The molecule has 0 fully saturated rings. The van der Waals surface area contributed by atoms with Gasteiger partial charge in [-0.15, -0.1) is 11.8 Å². The fourth-order valence-corrected chi connectivity index (χ4v) is 2.23. The third-order valence-electron chi connectivity index (χ3n) is 1.37. The van der Waals surface area contributed by atoms with Crippen molar-refractivity contribution >= 4 is 35.0 Å². The van der Waals surface area contributed by atoms with E-state index in [9.17, 15) is 0 Å². The lowest BCUT2D eigenvalue weighted by molar-refractivity contribution is 1.40. The van der Waals surface area contributed by atoms with Gasteiger partial charge in [0, 0.05) is 4.90 Å². The smallest absolute Gasteiger partial charge is 0.101 e. The molecule has 0 aliphatic heterocycles. The Kier molecular flexibility index (Phi) is 3.28. The van der Waals surface area contributed by atoms with Crippen LogP contribution in [0, 0.1) is 11.3 Å². The number of hydrogen-bond acceptors (Lipinski definition) is 2. The second kappa shape index (κ2) is 4.04. The monoisotopic (exact) mass is 217 g/mol. The second-order valence-electron chi connectivity index (χ2n) is 2.05. The number of nitriles is 1. The van der Waals surface area contributed by atoms with Crippen molar-refractivity contribution in [3.8, 4) is 6.07 Å². The van der Waals surface area contributed by atoms with Gasteiger partial charge in [-0.2, -0.15) is 5.26 Å². The first-order valence-corrected chi connectivity index (χ1v) is 5.11. The lowest BCUT2D eigenvalue weighted by Gasteiger charge is -2.03. The molecule has 0 bridgehead atoms. The van der Waals surface area contributed by atoms with Crippen LogP contribution >= 0.6 is 35.0 Å². The summed E-state index contributed by atoms with van der Waals surface area (Å²) < 4.78 is 0. The molecule has 0 amide bonds. The van der Waals surface area contributed by atoms with E-state index >= 15 is 0 Å². The molecule has 1 rings (SSSR count). The normalized spacial score (nSPS) is 9.50. The van der Waals surface area contributed by atoms with Crippen LogP contribution in [0.5, 0.6) is 0 Å². The van der Waals surface area contributed by atoms with Crippen LogP contribution in [0.1, 0.15) is 5.56 Å². The summed E-state index contributed by atoms with van der Waals surface area (Å²) in [6.45, 7) is 0. The molecule has 0 heterocycles. The van der Waals surface area contributed by atoms with Gasteiger partial charge in [0.05, 0.1) is 15.6 Å². The van der Waals surface area contributed by atoms with Crippen molar-refractivity contribution in [2.75, 3.05) is 6.26 Å². The number of hydrogen-bond donors (Lipinski definition) is 0. The predicted octanol–water partition coefficient (Wildman–Crippen LogP) is 3.59. The zero-order valence-electron chi connectivity index (χ0n) is 6.27. The van der Waals surface area contributed by atoms with Crippen molar-refractivity contribution in [2.45, 2.75) is 4.90 Å². The Labute approximate surface area is 85.3 Å². The van der Waals surface area contributed by atoms with Crippen LogP contribution in [0.4, 0.5) is 0 Å². The Morgan fingerprint density at radius 1 is 1.42 bits per heavy atom. The number of thioether (sulfide) groups is 1. The maximum absolute atomic E-state index is 8.64. The second-order valence-corrected chi connectivity index (χ2v) is 3.66. The summed E-state index contributed by atoms with van der Waals surface area (Å²) >= 11 is 13.2. The highest BCUT2D eigenvalue weighted by molar-refractivity contribution is 7.98. The lowest BCUT2D eigenvalue weighted by Crippen LogP contribution is -1.81. The van der Waals surface area contributed by atoms with E-state index in [0.29, 0.717) is 15.6 Å². The van der Waals surface area contributed by atoms with E-state index in [2.05, 4.69) is 0 Å². The molecule has 0 atom stereocenters. The van der Waals surface area contributed by atoms with Gasteiger partial charge < -0.3 is 0 Å². The summed E-state index contributed by atoms with van der Waals surface area (Å²) in [5.41, 5.74) is 0.463. The third-order valence-corrected chi connectivity index (χ3v) is 3.14. The number of halogens is 2. The molecule has 1 aromatic carbocycles. The van der Waals surface area contributed by atoms with Crippen molar-refractivity contribution in [1.82, 2.24) is 0 Å². The standard InChI is InChI=1S/C8H5Cl2NS/c1-12-8-6(9)3-2-5(4-11)7(8)10/h2-3H,1H3. The molecule has 0 aromatic heterocycles. The van der Waals surface area contributed by atoms with Gasteiger partial charge in [0.25, 0.3) is 0 Å². The fourth-order valence-electron chi connectivity index (χ4n) is 0.806. The Bertz CT molecular complexity index is 344. The summed E-state index contributed by atoms with van der Waals surface area (Å²) in [6, 6.07) is 5.29. The molecule has 0 aliphatic carbocycles. The summed E-state index contributed by atoms with van der Waals surface area (Å²) in [5.74, 6) is 0. The molecule has 0 radical (unpaired) electrons. The van der Waals surface area contributed by atoms with Crippen LogP contribution < -0.4 is 0 Å². The van der Waals surface area contributed by atoms with E-state index in [1.54, 1.807) is 12.1 Å². The van der Waals surface area contributed by atoms with Gasteiger partial charge in [-0.25, -0.2) is 0 Å². The first kappa shape index (κ1) is 9.73. The summed E-state index contributed by atoms with van der Waals surface area (Å²) in [5, 5.41) is 9.67. The zero-order valence-corrected chi connectivity index (χ0v) is 8.59. The van der Waals surface area contributed by atoms with Gasteiger partial charge in [0.1, 0.15) is 6.07 Å². The van der Waals surface area contributed by atoms with Gasteiger partial charge in [0.2, 0.25) is 0 Å².